The van der Waals surface area contributed by atoms with Crippen molar-refractivity contribution < 1.29 is 18.0 Å². The first-order valence-corrected chi connectivity index (χ1v) is 7.83. The zero-order chi connectivity index (χ0) is 16.8. The van der Waals surface area contributed by atoms with Gasteiger partial charge in [-0.15, -0.1) is 0 Å². The van der Waals surface area contributed by atoms with E-state index in [2.05, 4.69) is 4.98 Å². The minimum Gasteiger partial charge on any atom is -0.366 e. The predicted molar refractivity (Wildman–Crippen MR) is 78.2 cm³/mol. The lowest BCUT2D eigenvalue weighted by Crippen LogP contribution is -2.48. The first kappa shape index (κ1) is 16.1. The van der Waals surface area contributed by atoms with Gasteiger partial charge in [-0.05, 0) is 38.5 Å². The molecule has 2 unspecified atom stereocenters. The van der Waals surface area contributed by atoms with Crippen molar-refractivity contribution in [1.82, 2.24) is 9.88 Å². The normalized spacial score (nSPS) is 27.3. The fraction of sp³-hybridized carbons (Fsp3) is 0.625. The van der Waals surface area contributed by atoms with Gasteiger partial charge in [-0.25, -0.2) is 0 Å². The van der Waals surface area contributed by atoms with Gasteiger partial charge in [-0.3, -0.25) is 9.59 Å². The summed E-state index contributed by atoms with van der Waals surface area (Å²) in [5, 5.41) is 0. The number of hydrogen-bond donors (Lipinski definition) is 1. The lowest BCUT2D eigenvalue weighted by Gasteiger charge is -2.39. The summed E-state index contributed by atoms with van der Waals surface area (Å²) < 4.78 is 37.8. The van der Waals surface area contributed by atoms with Crippen LogP contribution in [-0.4, -0.2) is 34.1 Å². The Hall–Kier alpha value is -1.79. The second kappa shape index (κ2) is 5.69. The minimum atomic E-state index is -4.16. The highest BCUT2D eigenvalue weighted by Gasteiger charge is 2.46. The largest absolute Gasteiger partial charge is 0.389 e. The predicted octanol–water partition coefficient (Wildman–Crippen LogP) is 3.02. The highest BCUT2D eigenvalue weighted by atomic mass is 19.4. The van der Waals surface area contributed by atoms with E-state index < -0.39 is 18.5 Å². The number of halogens is 3. The van der Waals surface area contributed by atoms with Crippen molar-refractivity contribution in [3.05, 3.63) is 33.7 Å². The molecule has 2 aliphatic heterocycles. The maximum Gasteiger partial charge on any atom is 0.389 e. The van der Waals surface area contributed by atoms with E-state index in [-0.39, 0.29) is 29.0 Å². The molecule has 126 valence electrons. The molecule has 2 bridgehead atoms. The molecule has 2 saturated heterocycles. The van der Waals surface area contributed by atoms with Crippen LogP contribution in [0, 0.1) is 12.8 Å². The van der Waals surface area contributed by atoms with Gasteiger partial charge in [0.25, 0.3) is 5.91 Å². The van der Waals surface area contributed by atoms with Crippen LogP contribution in [0.4, 0.5) is 13.2 Å². The van der Waals surface area contributed by atoms with Crippen molar-refractivity contribution in [3.8, 4) is 0 Å². The van der Waals surface area contributed by atoms with Gasteiger partial charge in [0.15, 0.2) is 5.43 Å². The fourth-order valence-electron chi connectivity index (χ4n) is 4.01. The quantitative estimate of drug-likeness (QED) is 0.907. The smallest absolute Gasteiger partial charge is 0.366 e. The van der Waals surface area contributed by atoms with E-state index in [4.69, 9.17) is 0 Å². The third-order valence-corrected chi connectivity index (χ3v) is 4.95. The van der Waals surface area contributed by atoms with E-state index in [1.54, 1.807) is 11.8 Å². The number of amides is 1. The van der Waals surface area contributed by atoms with Gasteiger partial charge in [0, 0.05) is 36.5 Å². The lowest BCUT2D eigenvalue weighted by molar-refractivity contribution is -0.148. The van der Waals surface area contributed by atoms with E-state index in [0.29, 0.717) is 31.2 Å². The van der Waals surface area contributed by atoms with E-state index >= 15 is 0 Å². The average Bonchev–Trinajstić information content (AvgIpc) is 2.71. The van der Waals surface area contributed by atoms with Crippen molar-refractivity contribution in [2.75, 3.05) is 0 Å². The summed E-state index contributed by atoms with van der Waals surface area (Å²) in [6.07, 6.45) is 0.138. The van der Waals surface area contributed by atoms with Crippen LogP contribution >= 0.6 is 0 Å². The number of pyridine rings is 1. The number of rotatable bonds is 2. The van der Waals surface area contributed by atoms with E-state index in [1.807, 2.05) is 0 Å². The second-order valence-corrected chi connectivity index (χ2v) is 6.64. The molecule has 0 saturated carbocycles. The molecule has 1 aromatic heterocycles. The van der Waals surface area contributed by atoms with Gasteiger partial charge in [-0.1, -0.05) is 0 Å². The standard InChI is InChI=1S/C16H19F3N2O2/c1-9-7-20-8-13(14(9)22)15(23)21-11-2-3-12(21)5-10(4-11)6-16(17,18)19/h7-8,10-12H,2-6H2,1H3,(H,20,22). The van der Waals surface area contributed by atoms with Crippen molar-refractivity contribution >= 4 is 5.91 Å². The molecule has 7 heteroatoms. The number of H-pyrrole nitrogens is 1. The number of carbonyl (C=O) groups is 1. The third kappa shape index (κ3) is 3.14. The number of aromatic amines is 1. The first-order valence-electron chi connectivity index (χ1n) is 7.83. The van der Waals surface area contributed by atoms with Gasteiger partial charge in [0.05, 0.1) is 0 Å². The Morgan fingerprint density at radius 2 is 1.87 bits per heavy atom. The van der Waals surface area contributed by atoms with Crippen molar-refractivity contribution in [3.63, 3.8) is 0 Å². The van der Waals surface area contributed by atoms with Crippen LogP contribution in [-0.2, 0) is 0 Å². The van der Waals surface area contributed by atoms with Crippen molar-refractivity contribution in [2.24, 2.45) is 5.92 Å². The summed E-state index contributed by atoms with van der Waals surface area (Å²) in [5.41, 5.74) is 0.219. The Morgan fingerprint density at radius 3 is 2.43 bits per heavy atom. The van der Waals surface area contributed by atoms with Crippen LogP contribution in [0.2, 0.25) is 0 Å². The Morgan fingerprint density at radius 1 is 1.26 bits per heavy atom. The maximum absolute atomic E-state index is 12.7. The van der Waals surface area contributed by atoms with E-state index in [0.717, 1.165) is 0 Å². The number of aryl methyl sites for hydroxylation is 1. The molecule has 2 aliphatic rings. The van der Waals surface area contributed by atoms with Gasteiger partial charge in [-0.2, -0.15) is 13.2 Å². The van der Waals surface area contributed by atoms with Crippen LogP contribution in [0.1, 0.15) is 48.0 Å². The number of aromatic nitrogens is 1. The number of carbonyl (C=O) groups excluding carboxylic acids is 1. The summed E-state index contributed by atoms with van der Waals surface area (Å²) >= 11 is 0. The number of nitrogens with zero attached hydrogens (tertiary/aromatic N) is 1. The molecule has 0 radical (unpaired) electrons. The number of piperidine rings is 1. The molecule has 1 N–H and O–H groups in total. The molecule has 0 spiro atoms. The van der Waals surface area contributed by atoms with Crippen LogP contribution in [0.15, 0.2) is 17.2 Å². The second-order valence-electron chi connectivity index (χ2n) is 6.64. The number of nitrogens with one attached hydrogen (secondary N) is 1. The summed E-state index contributed by atoms with van der Waals surface area (Å²) in [6.45, 7) is 1.62. The Kier molecular flexibility index (Phi) is 3.98. The Labute approximate surface area is 131 Å². The van der Waals surface area contributed by atoms with Crippen LogP contribution in [0.3, 0.4) is 0 Å². The van der Waals surface area contributed by atoms with Gasteiger partial charge < -0.3 is 9.88 Å². The monoisotopic (exact) mass is 328 g/mol. The van der Waals surface area contributed by atoms with Crippen LogP contribution in [0.5, 0.6) is 0 Å². The number of hydrogen-bond acceptors (Lipinski definition) is 2. The summed E-state index contributed by atoms with van der Waals surface area (Å²) in [7, 11) is 0. The zero-order valence-corrected chi connectivity index (χ0v) is 12.8. The maximum atomic E-state index is 12.7. The molecule has 0 aromatic carbocycles. The van der Waals surface area contributed by atoms with E-state index in [9.17, 15) is 22.8 Å². The molecule has 0 aliphatic carbocycles. The molecule has 3 heterocycles. The topological polar surface area (TPSA) is 53.2 Å². The Balaban J connectivity index is 1.79. The summed E-state index contributed by atoms with van der Waals surface area (Å²) in [6, 6.07) is -0.373. The molecular weight excluding hydrogens is 309 g/mol. The Bertz CT molecular complexity index is 654. The third-order valence-electron chi connectivity index (χ3n) is 4.95. The summed E-state index contributed by atoms with van der Waals surface area (Å²) in [5.74, 6) is -0.778. The molecule has 23 heavy (non-hydrogen) atoms. The zero-order valence-electron chi connectivity index (χ0n) is 12.8. The van der Waals surface area contributed by atoms with Crippen molar-refractivity contribution in [2.45, 2.75) is 57.3 Å². The van der Waals surface area contributed by atoms with Gasteiger partial charge in [0.1, 0.15) is 5.56 Å². The molecule has 1 amide bonds. The fourth-order valence-corrected chi connectivity index (χ4v) is 4.01. The lowest BCUT2D eigenvalue weighted by atomic mass is 9.87. The average molecular weight is 328 g/mol. The summed E-state index contributed by atoms with van der Waals surface area (Å²) in [4.78, 5) is 29.3. The van der Waals surface area contributed by atoms with Crippen molar-refractivity contribution in [1.29, 1.82) is 0 Å². The van der Waals surface area contributed by atoms with Gasteiger partial charge in [0.2, 0.25) is 0 Å². The van der Waals surface area contributed by atoms with E-state index in [1.165, 1.54) is 12.4 Å². The SMILES string of the molecule is Cc1c[nH]cc(C(=O)N2C3CCC2CC(CC(F)(F)F)C3)c1=O. The molecule has 2 atom stereocenters. The van der Waals surface area contributed by atoms with Crippen LogP contribution < -0.4 is 5.43 Å². The van der Waals surface area contributed by atoms with Gasteiger partial charge >= 0.3 is 6.18 Å². The highest BCUT2D eigenvalue weighted by molar-refractivity contribution is 5.94. The molecular formula is C16H19F3N2O2. The molecule has 3 rings (SSSR count). The molecule has 4 nitrogen and oxygen atoms in total. The first-order chi connectivity index (χ1) is 10.8. The minimum absolute atomic E-state index is 0.0798. The van der Waals surface area contributed by atoms with Crippen LogP contribution in [0.25, 0.3) is 0 Å². The number of alkyl halides is 3. The molecule has 2 fully saturated rings. The number of fused-ring (bicyclic) bond motifs is 2. The molecule has 1 aromatic rings. The highest BCUT2D eigenvalue weighted by Crippen LogP contribution is 2.43.